The van der Waals surface area contributed by atoms with E-state index in [4.69, 9.17) is 0 Å². The Morgan fingerprint density at radius 3 is 1.67 bits per heavy atom. The highest BCUT2D eigenvalue weighted by Gasteiger charge is 2.56. The molecule has 0 aromatic rings. The summed E-state index contributed by atoms with van der Waals surface area (Å²) in [6, 6.07) is 0. The van der Waals surface area contributed by atoms with Crippen molar-refractivity contribution in [2.24, 2.45) is 17.8 Å². The molecule has 1 aliphatic carbocycles. The van der Waals surface area contributed by atoms with E-state index in [1.165, 1.54) is 0 Å². The third kappa shape index (κ3) is 7.04. The normalized spacial score (nSPS) is 25.5. The van der Waals surface area contributed by atoms with E-state index in [9.17, 15) is 43.9 Å². The molecule has 0 heterocycles. The monoisotopic (exact) mass is 378 g/mol. The highest BCUT2D eigenvalue weighted by atomic mass is 19.4. The van der Waals surface area contributed by atoms with Crippen LogP contribution in [0, 0.1) is 17.8 Å². The van der Waals surface area contributed by atoms with Crippen LogP contribution in [0.25, 0.3) is 0 Å². The highest BCUT2D eigenvalue weighted by Crippen LogP contribution is 2.47. The van der Waals surface area contributed by atoms with E-state index in [-0.39, 0.29) is 12.8 Å². The second-order valence-electron chi connectivity index (χ2n) is 5.98. The first-order valence-corrected chi connectivity index (χ1v) is 7.35. The van der Waals surface area contributed by atoms with Gasteiger partial charge in [0.2, 0.25) is 0 Å². The molecule has 1 rings (SSSR count). The van der Waals surface area contributed by atoms with Crippen LogP contribution in [0.4, 0.5) is 43.9 Å². The molecular weight excluding hydrogens is 358 g/mol. The van der Waals surface area contributed by atoms with Crippen molar-refractivity contribution in [3.63, 3.8) is 0 Å². The standard InChI is InChI=1S/C11H16F6.C3H4F4/c1-7(11(15,16)17)10(13,14)9-4-2-3-8(5-9)6-12;1-2(4)3(5,6)7/h7-9H,2-6H2,1H3;2H,1H3. The molecule has 146 valence electrons. The van der Waals surface area contributed by atoms with Crippen LogP contribution in [0.1, 0.15) is 39.5 Å². The largest absolute Gasteiger partial charge is 0.419 e. The molecule has 0 aromatic heterocycles. The minimum absolute atomic E-state index is 0.0456. The van der Waals surface area contributed by atoms with Crippen LogP contribution < -0.4 is 0 Å². The fourth-order valence-electron chi connectivity index (χ4n) is 2.35. The molecule has 0 spiro atoms. The summed E-state index contributed by atoms with van der Waals surface area (Å²) in [4.78, 5) is 0. The summed E-state index contributed by atoms with van der Waals surface area (Å²) in [7, 11) is 0. The summed E-state index contributed by atoms with van der Waals surface area (Å²) in [6.07, 6.45) is -11.5. The molecule has 1 aliphatic rings. The van der Waals surface area contributed by atoms with Gasteiger partial charge in [0, 0.05) is 5.92 Å². The van der Waals surface area contributed by atoms with Crippen molar-refractivity contribution in [2.75, 3.05) is 6.67 Å². The number of rotatable bonds is 3. The van der Waals surface area contributed by atoms with Crippen molar-refractivity contribution < 1.29 is 43.9 Å². The number of halogens is 10. The molecule has 24 heavy (non-hydrogen) atoms. The van der Waals surface area contributed by atoms with Gasteiger partial charge in [0.05, 0.1) is 6.67 Å². The molecule has 1 saturated carbocycles. The minimum Gasteiger partial charge on any atom is -0.251 e. The van der Waals surface area contributed by atoms with Crippen molar-refractivity contribution >= 4 is 0 Å². The third-order valence-corrected chi connectivity index (χ3v) is 4.06. The Bertz CT molecular complexity index is 358. The maximum absolute atomic E-state index is 13.7. The quantitative estimate of drug-likeness (QED) is 0.492. The number of hydrogen-bond acceptors (Lipinski definition) is 0. The van der Waals surface area contributed by atoms with Gasteiger partial charge >= 0.3 is 12.4 Å². The van der Waals surface area contributed by atoms with Crippen LogP contribution in [-0.4, -0.2) is 31.1 Å². The Morgan fingerprint density at radius 2 is 1.33 bits per heavy atom. The Hall–Kier alpha value is -0.700. The summed E-state index contributed by atoms with van der Waals surface area (Å²) in [5.41, 5.74) is 0. The maximum atomic E-state index is 13.7. The van der Waals surface area contributed by atoms with Crippen LogP contribution in [-0.2, 0) is 0 Å². The second kappa shape index (κ2) is 8.60. The third-order valence-electron chi connectivity index (χ3n) is 4.06. The van der Waals surface area contributed by atoms with Crippen molar-refractivity contribution in [3.8, 4) is 0 Å². The molecule has 1 fully saturated rings. The first-order chi connectivity index (χ1) is 10.6. The first kappa shape index (κ1) is 23.3. The summed E-state index contributed by atoms with van der Waals surface area (Å²) in [5.74, 6) is -8.33. The average Bonchev–Trinajstić information content (AvgIpc) is 2.45. The van der Waals surface area contributed by atoms with Crippen molar-refractivity contribution in [3.05, 3.63) is 0 Å². The second-order valence-corrected chi connectivity index (χ2v) is 5.98. The van der Waals surface area contributed by atoms with Crippen molar-refractivity contribution in [1.82, 2.24) is 0 Å². The Balaban J connectivity index is 0.000000640. The maximum Gasteiger partial charge on any atom is 0.419 e. The van der Waals surface area contributed by atoms with Gasteiger partial charge in [-0.3, -0.25) is 4.39 Å². The fourth-order valence-corrected chi connectivity index (χ4v) is 2.35. The lowest BCUT2D eigenvalue weighted by molar-refractivity contribution is -0.252. The molecule has 0 aromatic carbocycles. The summed E-state index contributed by atoms with van der Waals surface area (Å²) in [5, 5.41) is 0. The van der Waals surface area contributed by atoms with Gasteiger partial charge in [0.15, 0.2) is 6.17 Å². The fraction of sp³-hybridized carbons (Fsp3) is 1.00. The van der Waals surface area contributed by atoms with Gasteiger partial charge < -0.3 is 0 Å². The van der Waals surface area contributed by atoms with Crippen LogP contribution in [0.15, 0.2) is 0 Å². The van der Waals surface area contributed by atoms with Crippen LogP contribution >= 0.6 is 0 Å². The van der Waals surface area contributed by atoms with E-state index < -0.39 is 48.9 Å². The molecule has 10 heteroatoms. The smallest absolute Gasteiger partial charge is 0.251 e. The molecule has 0 radical (unpaired) electrons. The van der Waals surface area contributed by atoms with E-state index in [0.29, 0.717) is 26.7 Å². The lowest BCUT2D eigenvalue weighted by Gasteiger charge is -2.37. The van der Waals surface area contributed by atoms with Crippen LogP contribution in [0.3, 0.4) is 0 Å². The molecule has 4 unspecified atom stereocenters. The predicted molar refractivity (Wildman–Crippen MR) is 68.2 cm³/mol. The zero-order chi connectivity index (χ0) is 19.3. The molecule has 0 saturated heterocycles. The van der Waals surface area contributed by atoms with E-state index in [0.717, 1.165) is 0 Å². The van der Waals surface area contributed by atoms with Gasteiger partial charge in [0.25, 0.3) is 5.92 Å². The summed E-state index contributed by atoms with van der Waals surface area (Å²) < 4.78 is 120. The van der Waals surface area contributed by atoms with E-state index in [1.54, 1.807) is 0 Å². The van der Waals surface area contributed by atoms with Crippen molar-refractivity contribution in [2.45, 2.75) is 64.0 Å². The molecule has 0 bridgehead atoms. The predicted octanol–water partition coefficient (Wildman–Crippen LogP) is 6.50. The number of alkyl halides is 10. The first-order valence-electron chi connectivity index (χ1n) is 7.35. The van der Waals surface area contributed by atoms with Crippen molar-refractivity contribution in [1.29, 1.82) is 0 Å². The Kier molecular flexibility index (Phi) is 8.35. The van der Waals surface area contributed by atoms with E-state index in [2.05, 4.69) is 0 Å². The molecule has 0 aliphatic heterocycles. The Labute approximate surface area is 133 Å². The van der Waals surface area contributed by atoms with E-state index >= 15 is 0 Å². The minimum atomic E-state index is -4.91. The molecule has 0 nitrogen and oxygen atoms in total. The van der Waals surface area contributed by atoms with Gasteiger partial charge in [-0.1, -0.05) is 6.42 Å². The SMILES string of the molecule is CC(C(F)(F)F)C(F)(F)C1CCCC(CF)C1.CC(F)C(F)(F)F. The average molecular weight is 378 g/mol. The van der Waals surface area contributed by atoms with Crippen LogP contribution in [0.5, 0.6) is 0 Å². The molecular formula is C14H20F10. The van der Waals surface area contributed by atoms with Gasteiger partial charge in [-0.2, -0.15) is 26.3 Å². The van der Waals surface area contributed by atoms with Gasteiger partial charge in [-0.25, -0.2) is 13.2 Å². The van der Waals surface area contributed by atoms with E-state index in [1.807, 2.05) is 0 Å². The van der Waals surface area contributed by atoms with Gasteiger partial charge in [-0.05, 0) is 39.0 Å². The molecule has 0 N–H and O–H groups in total. The zero-order valence-corrected chi connectivity index (χ0v) is 13.1. The van der Waals surface area contributed by atoms with Gasteiger partial charge in [0.1, 0.15) is 5.92 Å². The number of hydrogen-bond donors (Lipinski definition) is 0. The topological polar surface area (TPSA) is 0 Å². The molecule has 0 amide bonds. The summed E-state index contributed by atoms with van der Waals surface area (Å²) >= 11 is 0. The van der Waals surface area contributed by atoms with Gasteiger partial charge in [-0.15, -0.1) is 0 Å². The lowest BCUT2D eigenvalue weighted by atomic mass is 9.75. The molecule has 4 atom stereocenters. The summed E-state index contributed by atoms with van der Waals surface area (Å²) in [6.45, 7) is 0.228. The lowest BCUT2D eigenvalue weighted by Crippen LogP contribution is -2.44. The van der Waals surface area contributed by atoms with Crippen LogP contribution in [0.2, 0.25) is 0 Å². The zero-order valence-electron chi connectivity index (χ0n) is 13.1. The Morgan fingerprint density at radius 1 is 0.875 bits per heavy atom. The highest BCUT2D eigenvalue weighted by molar-refractivity contribution is 4.89.